The number of aromatic nitrogens is 2. The van der Waals surface area contributed by atoms with Gasteiger partial charge in [0.25, 0.3) is 5.56 Å². The first-order valence-electron chi connectivity index (χ1n) is 8.47. The number of nitrogens with zero attached hydrogens (tertiary/aromatic N) is 2. The van der Waals surface area contributed by atoms with Crippen LogP contribution in [0.5, 0.6) is 11.5 Å². The summed E-state index contributed by atoms with van der Waals surface area (Å²) in [6.45, 7) is 6.20. The van der Waals surface area contributed by atoms with Crippen LogP contribution in [0.15, 0.2) is 35.1 Å². The van der Waals surface area contributed by atoms with Crippen molar-refractivity contribution < 1.29 is 14.3 Å². The van der Waals surface area contributed by atoms with Crippen molar-refractivity contribution in [3.63, 3.8) is 0 Å². The first-order chi connectivity index (χ1) is 12.4. The van der Waals surface area contributed by atoms with Gasteiger partial charge in [-0.15, -0.1) is 0 Å². The van der Waals surface area contributed by atoms with Crippen LogP contribution in [0, 0.1) is 5.92 Å². The van der Waals surface area contributed by atoms with Crippen molar-refractivity contribution in [2.45, 2.75) is 26.8 Å². The van der Waals surface area contributed by atoms with Gasteiger partial charge in [-0.05, 0) is 37.1 Å². The van der Waals surface area contributed by atoms with E-state index in [-0.39, 0.29) is 5.91 Å². The molecule has 0 saturated carbocycles. The Labute approximate surface area is 152 Å². The van der Waals surface area contributed by atoms with Crippen LogP contribution < -0.4 is 20.3 Å². The normalized spacial score (nSPS) is 11.9. The molecule has 7 heteroatoms. The highest BCUT2D eigenvalue weighted by Crippen LogP contribution is 2.28. The highest BCUT2D eigenvalue weighted by atomic mass is 16.5. The Hall–Kier alpha value is -2.83. The van der Waals surface area contributed by atoms with Gasteiger partial charge in [-0.1, -0.05) is 13.8 Å². The second-order valence-corrected chi connectivity index (χ2v) is 6.39. The Bertz CT molecular complexity index is 813. The minimum Gasteiger partial charge on any atom is -0.497 e. The number of ether oxygens (including phenoxy) is 2. The molecule has 1 N–H and O–H groups in total. The highest BCUT2D eigenvalue weighted by Gasteiger charge is 2.20. The smallest absolute Gasteiger partial charge is 0.271 e. The van der Waals surface area contributed by atoms with E-state index in [1.54, 1.807) is 26.2 Å². The molecule has 0 unspecified atom stereocenters. The van der Waals surface area contributed by atoms with Gasteiger partial charge < -0.3 is 14.8 Å². The second kappa shape index (κ2) is 8.51. The predicted octanol–water partition coefficient (Wildman–Crippen LogP) is 2.26. The van der Waals surface area contributed by atoms with Crippen LogP contribution in [0.1, 0.15) is 26.8 Å². The molecule has 1 amide bonds. The second-order valence-electron chi connectivity index (χ2n) is 6.39. The van der Waals surface area contributed by atoms with Crippen molar-refractivity contribution in [1.29, 1.82) is 0 Å². The van der Waals surface area contributed by atoms with Crippen molar-refractivity contribution >= 4 is 5.91 Å². The van der Waals surface area contributed by atoms with E-state index in [2.05, 4.69) is 10.4 Å². The zero-order valence-corrected chi connectivity index (χ0v) is 15.8. The number of benzene rings is 1. The molecule has 0 radical (unpaired) electrons. The molecule has 26 heavy (non-hydrogen) atoms. The predicted molar refractivity (Wildman–Crippen MR) is 99.6 cm³/mol. The summed E-state index contributed by atoms with van der Waals surface area (Å²) in [6.07, 6.45) is 0. The quantitative estimate of drug-likeness (QED) is 0.820. The lowest BCUT2D eigenvalue weighted by molar-refractivity contribution is -0.124. The first-order valence-corrected chi connectivity index (χ1v) is 8.47. The van der Waals surface area contributed by atoms with Gasteiger partial charge in [-0.3, -0.25) is 9.59 Å². The van der Waals surface area contributed by atoms with E-state index in [9.17, 15) is 9.59 Å². The third-order valence-electron chi connectivity index (χ3n) is 3.94. The number of amides is 1. The lowest BCUT2D eigenvalue weighted by atomic mass is 10.1. The molecule has 1 heterocycles. The fourth-order valence-corrected chi connectivity index (χ4v) is 2.40. The van der Waals surface area contributed by atoms with Gasteiger partial charge in [0.05, 0.1) is 14.2 Å². The molecule has 0 aliphatic heterocycles. The minimum atomic E-state index is -0.732. The van der Waals surface area contributed by atoms with Crippen molar-refractivity contribution in [3.05, 3.63) is 40.7 Å². The van der Waals surface area contributed by atoms with Crippen LogP contribution in [-0.2, 0) is 4.79 Å². The van der Waals surface area contributed by atoms with Gasteiger partial charge in [-0.2, -0.15) is 5.10 Å². The van der Waals surface area contributed by atoms with Gasteiger partial charge in [0.2, 0.25) is 5.91 Å². The molecule has 0 spiro atoms. The SMILES string of the molecule is COc1ccc(-c2nn([C@H](C)C(=O)NCC(C)C)c(=O)cc2OC)cc1. The molecule has 0 aliphatic carbocycles. The molecular weight excluding hydrogens is 334 g/mol. The lowest BCUT2D eigenvalue weighted by Gasteiger charge is -2.17. The molecule has 0 fully saturated rings. The summed E-state index contributed by atoms with van der Waals surface area (Å²) in [6, 6.07) is 7.85. The average Bonchev–Trinajstić information content (AvgIpc) is 2.65. The maximum absolute atomic E-state index is 12.4. The molecule has 0 aliphatic rings. The zero-order valence-electron chi connectivity index (χ0n) is 15.8. The Morgan fingerprint density at radius 3 is 2.35 bits per heavy atom. The minimum absolute atomic E-state index is 0.251. The largest absolute Gasteiger partial charge is 0.497 e. The van der Waals surface area contributed by atoms with E-state index in [1.807, 2.05) is 26.0 Å². The third-order valence-corrected chi connectivity index (χ3v) is 3.94. The number of methoxy groups -OCH3 is 2. The van der Waals surface area contributed by atoms with Gasteiger partial charge in [0.1, 0.15) is 17.5 Å². The van der Waals surface area contributed by atoms with Gasteiger partial charge in [0.15, 0.2) is 5.75 Å². The van der Waals surface area contributed by atoms with Gasteiger partial charge in [0, 0.05) is 18.2 Å². The molecule has 1 aromatic carbocycles. The molecule has 1 aromatic heterocycles. The fraction of sp³-hybridized carbons (Fsp3) is 0.421. The van der Waals surface area contributed by atoms with Crippen molar-refractivity contribution in [2.24, 2.45) is 5.92 Å². The molecule has 0 saturated heterocycles. The maximum Gasteiger partial charge on any atom is 0.271 e. The maximum atomic E-state index is 12.4. The third kappa shape index (κ3) is 4.41. The summed E-state index contributed by atoms with van der Waals surface area (Å²) in [5.74, 6) is 1.13. The lowest BCUT2D eigenvalue weighted by Crippen LogP contribution is -2.38. The molecular formula is C19H25N3O4. The summed E-state index contributed by atoms with van der Waals surface area (Å²) >= 11 is 0. The van der Waals surface area contributed by atoms with Crippen molar-refractivity contribution in [1.82, 2.24) is 15.1 Å². The van der Waals surface area contributed by atoms with Crippen LogP contribution in [0.2, 0.25) is 0 Å². The van der Waals surface area contributed by atoms with E-state index in [4.69, 9.17) is 9.47 Å². The van der Waals surface area contributed by atoms with Crippen LogP contribution >= 0.6 is 0 Å². The van der Waals surface area contributed by atoms with E-state index in [1.165, 1.54) is 17.9 Å². The summed E-state index contributed by atoms with van der Waals surface area (Å²) in [4.78, 5) is 24.7. The van der Waals surface area contributed by atoms with E-state index in [0.29, 0.717) is 29.7 Å². The summed E-state index contributed by atoms with van der Waals surface area (Å²) in [7, 11) is 3.07. The Morgan fingerprint density at radius 1 is 1.15 bits per heavy atom. The Kier molecular flexibility index (Phi) is 6.38. The molecule has 1 atom stereocenters. The van der Waals surface area contributed by atoms with E-state index in [0.717, 1.165) is 5.56 Å². The standard InChI is InChI=1S/C19H25N3O4/c1-12(2)11-20-19(24)13(3)22-17(23)10-16(26-5)18(21-22)14-6-8-15(25-4)9-7-14/h6-10,12-13H,11H2,1-5H3,(H,20,24)/t13-/m1/s1. The number of hydrogen-bond acceptors (Lipinski definition) is 5. The molecule has 140 valence electrons. The monoisotopic (exact) mass is 359 g/mol. The zero-order chi connectivity index (χ0) is 19.3. The molecule has 7 nitrogen and oxygen atoms in total. The highest BCUT2D eigenvalue weighted by molar-refractivity contribution is 5.79. The average molecular weight is 359 g/mol. The topological polar surface area (TPSA) is 82.5 Å². The summed E-state index contributed by atoms with van der Waals surface area (Å²) in [5.41, 5.74) is 0.843. The fourth-order valence-electron chi connectivity index (χ4n) is 2.40. The number of carbonyl (C=O) groups is 1. The summed E-state index contributed by atoms with van der Waals surface area (Å²) < 4.78 is 11.6. The summed E-state index contributed by atoms with van der Waals surface area (Å²) in [5, 5.41) is 7.22. The first kappa shape index (κ1) is 19.5. The van der Waals surface area contributed by atoms with Crippen LogP contribution in [0.25, 0.3) is 11.3 Å². The van der Waals surface area contributed by atoms with Crippen LogP contribution in [0.3, 0.4) is 0 Å². The number of hydrogen-bond donors (Lipinski definition) is 1. The van der Waals surface area contributed by atoms with Crippen molar-refractivity contribution in [2.75, 3.05) is 20.8 Å². The van der Waals surface area contributed by atoms with Crippen LogP contribution in [-0.4, -0.2) is 36.5 Å². The molecule has 2 rings (SSSR count). The number of carbonyl (C=O) groups excluding carboxylic acids is 1. The van der Waals surface area contributed by atoms with E-state index < -0.39 is 11.6 Å². The Morgan fingerprint density at radius 2 is 1.81 bits per heavy atom. The van der Waals surface area contributed by atoms with Crippen LogP contribution in [0.4, 0.5) is 0 Å². The van der Waals surface area contributed by atoms with Gasteiger partial charge in [-0.25, -0.2) is 4.68 Å². The molecule has 0 bridgehead atoms. The Balaban J connectivity index is 2.41. The van der Waals surface area contributed by atoms with Crippen molar-refractivity contribution in [3.8, 4) is 22.8 Å². The number of nitrogens with one attached hydrogen (secondary N) is 1. The number of rotatable bonds is 7. The van der Waals surface area contributed by atoms with E-state index >= 15 is 0 Å². The van der Waals surface area contributed by atoms with Gasteiger partial charge >= 0.3 is 0 Å². The molecule has 2 aromatic rings.